The molecule has 0 aliphatic rings. The second kappa shape index (κ2) is 4.15. The van der Waals surface area contributed by atoms with Crippen molar-refractivity contribution in [2.75, 3.05) is 0 Å². The second-order valence-corrected chi connectivity index (χ2v) is 5.09. The zero-order valence-corrected chi connectivity index (χ0v) is 10.6. The Bertz CT molecular complexity index is 742. The van der Waals surface area contributed by atoms with Crippen molar-refractivity contribution in [1.29, 1.82) is 0 Å². The molecule has 5 heteroatoms. The number of thiophene rings is 1. The number of benzene rings is 1. The maximum atomic E-state index is 10.8. The monoisotopic (exact) mass is 278 g/mol. The van der Waals surface area contributed by atoms with Crippen molar-refractivity contribution in [3.63, 3.8) is 0 Å². The van der Waals surface area contributed by atoms with Gasteiger partial charge in [-0.3, -0.25) is 0 Å². The number of furan rings is 1. The van der Waals surface area contributed by atoms with Crippen LogP contribution in [0.1, 0.15) is 10.4 Å². The molecule has 3 nitrogen and oxygen atoms in total. The number of carbonyl (C=O) groups is 1. The minimum atomic E-state index is -0.938. The largest absolute Gasteiger partial charge is 0.478 e. The molecule has 0 saturated carbocycles. The summed E-state index contributed by atoms with van der Waals surface area (Å²) in [6.07, 6.45) is 0. The van der Waals surface area contributed by atoms with Gasteiger partial charge in [-0.05, 0) is 18.2 Å². The molecule has 1 N–H and O–H groups in total. The van der Waals surface area contributed by atoms with E-state index in [1.807, 2.05) is 18.2 Å². The molecule has 0 fully saturated rings. The van der Waals surface area contributed by atoms with Gasteiger partial charge < -0.3 is 9.52 Å². The van der Waals surface area contributed by atoms with Gasteiger partial charge in [0.2, 0.25) is 0 Å². The molecule has 3 rings (SSSR count). The molecule has 18 heavy (non-hydrogen) atoms. The highest BCUT2D eigenvalue weighted by Gasteiger charge is 2.13. The molecule has 0 amide bonds. The standard InChI is InChI=1S/C13H7ClO3S/c14-9-3-1-2-7-4-10(17-12(7)9)11-5-8(6-18-11)13(15)16/h1-6H,(H,15,16). The molecule has 0 unspecified atom stereocenters. The summed E-state index contributed by atoms with van der Waals surface area (Å²) in [6.45, 7) is 0. The van der Waals surface area contributed by atoms with Crippen molar-refractivity contribution >= 4 is 39.9 Å². The lowest BCUT2D eigenvalue weighted by Crippen LogP contribution is -1.91. The van der Waals surface area contributed by atoms with Crippen LogP contribution >= 0.6 is 22.9 Å². The van der Waals surface area contributed by atoms with Crippen LogP contribution in [0.2, 0.25) is 5.02 Å². The Labute approximate surface area is 111 Å². The normalized spacial score (nSPS) is 10.9. The van der Waals surface area contributed by atoms with E-state index in [0.717, 1.165) is 10.3 Å². The maximum absolute atomic E-state index is 10.8. The van der Waals surface area contributed by atoms with E-state index in [0.29, 0.717) is 16.4 Å². The van der Waals surface area contributed by atoms with E-state index in [2.05, 4.69) is 0 Å². The summed E-state index contributed by atoms with van der Waals surface area (Å²) in [4.78, 5) is 11.6. The highest BCUT2D eigenvalue weighted by Crippen LogP contribution is 2.34. The van der Waals surface area contributed by atoms with Gasteiger partial charge in [0.25, 0.3) is 0 Å². The summed E-state index contributed by atoms with van der Waals surface area (Å²) in [6, 6.07) is 8.96. The van der Waals surface area contributed by atoms with Gasteiger partial charge in [0.15, 0.2) is 5.58 Å². The second-order valence-electron chi connectivity index (χ2n) is 3.77. The van der Waals surface area contributed by atoms with Crippen LogP contribution < -0.4 is 0 Å². The first kappa shape index (κ1) is 11.3. The fourth-order valence-electron chi connectivity index (χ4n) is 1.73. The lowest BCUT2D eigenvalue weighted by Gasteiger charge is -1.90. The molecule has 0 saturated heterocycles. The predicted molar refractivity (Wildman–Crippen MR) is 71.5 cm³/mol. The zero-order valence-electron chi connectivity index (χ0n) is 9.01. The zero-order chi connectivity index (χ0) is 12.7. The van der Waals surface area contributed by atoms with Gasteiger partial charge in [-0.15, -0.1) is 11.3 Å². The molecular formula is C13H7ClO3S. The number of rotatable bonds is 2. The van der Waals surface area contributed by atoms with Crippen LogP contribution in [-0.2, 0) is 0 Å². The molecular weight excluding hydrogens is 272 g/mol. The molecule has 0 aliphatic heterocycles. The first-order valence-electron chi connectivity index (χ1n) is 5.15. The summed E-state index contributed by atoms with van der Waals surface area (Å²) in [5.74, 6) is -0.303. The first-order chi connectivity index (χ1) is 8.65. The van der Waals surface area contributed by atoms with Gasteiger partial charge in [0, 0.05) is 10.8 Å². The molecule has 3 aromatic rings. The van der Waals surface area contributed by atoms with Crippen molar-refractivity contribution < 1.29 is 14.3 Å². The van der Waals surface area contributed by atoms with Gasteiger partial charge in [-0.2, -0.15) is 0 Å². The third kappa shape index (κ3) is 1.79. The highest BCUT2D eigenvalue weighted by molar-refractivity contribution is 7.13. The van der Waals surface area contributed by atoms with Gasteiger partial charge >= 0.3 is 5.97 Å². The van der Waals surface area contributed by atoms with Crippen molar-refractivity contribution in [1.82, 2.24) is 0 Å². The molecule has 90 valence electrons. The highest BCUT2D eigenvalue weighted by atomic mass is 35.5. The van der Waals surface area contributed by atoms with Crippen molar-refractivity contribution in [2.45, 2.75) is 0 Å². The van der Waals surface area contributed by atoms with Gasteiger partial charge in [-0.1, -0.05) is 23.7 Å². The molecule has 0 spiro atoms. The molecule has 0 aliphatic carbocycles. The fourth-order valence-corrected chi connectivity index (χ4v) is 2.78. The van der Waals surface area contributed by atoms with E-state index in [-0.39, 0.29) is 5.56 Å². The summed E-state index contributed by atoms with van der Waals surface area (Å²) in [7, 11) is 0. The third-order valence-corrected chi connectivity index (χ3v) is 3.83. The summed E-state index contributed by atoms with van der Waals surface area (Å²) < 4.78 is 5.66. The molecule has 2 heterocycles. The average Bonchev–Trinajstić information content (AvgIpc) is 2.95. The van der Waals surface area contributed by atoms with Crippen LogP contribution in [0, 0.1) is 0 Å². The van der Waals surface area contributed by atoms with E-state index in [9.17, 15) is 4.79 Å². The molecule has 0 bridgehead atoms. The number of carboxylic acid groups (broad SMARTS) is 1. The van der Waals surface area contributed by atoms with Crippen LogP contribution in [-0.4, -0.2) is 11.1 Å². The topological polar surface area (TPSA) is 50.4 Å². The number of aromatic carboxylic acids is 1. The number of hydrogen-bond acceptors (Lipinski definition) is 3. The minimum absolute atomic E-state index is 0.265. The van der Waals surface area contributed by atoms with Crippen LogP contribution in [0.15, 0.2) is 40.1 Å². The first-order valence-corrected chi connectivity index (χ1v) is 6.41. The minimum Gasteiger partial charge on any atom is -0.478 e. The Morgan fingerprint density at radius 1 is 1.33 bits per heavy atom. The Kier molecular flexibility index (Phi) is 2.61. The Balaban J connectivity index is 2.13. The van der Waals surface area contributed by atoms with Crippen molar-refractivity contribution in [2.24, 2.45) is 0 Å². The Morgan fingerprint density at radius 3 is 2.83 bits per heavy atom. The third-order valence-electron chi connectivity index (χ3n) is 2.59. The summed E-state index contributed by atoms with van der Waals surface area (Å²) in [5.41, 5.74) is 0.890. The molecule has 0 radical (unpaired) electrons. The maximum Gasteiger partial charge on any atom is 0.336 e. The lowest BCUT2D eigenvalue weighted by atomic mass is 10.2. The number of carboxylic acids is 1. The quantitative estimate of drug-likeness (QED) is 0.750. The van der Waals surface area contributed by atoms with E-state index in [1.165, 1.54) is 11.3 Å². The van der Waals surface area contributed by atoms with Gasteiger partial charge in [0.05, 0.1) is 15.5 Å². The molecule has 0 atom stereocenters. The van der Waals surface area contributed by atoms with E-state index >= 15 is 0 Å². The number of halogens is 1. The predicted octanol–water partition coefficient (Wildman–Crippen LogP) is 4.51. The van der Waals surface area contributed by atoms with E-state index in [4.69, 9.17) is 21.1 Å². The Hall–Kier alpha value is -1.78. The summed E-state index contributed by atoms with van der Waals surface area (Å²) >= 11 is 7.36. The molecule has 1 aromatic carbocycles. The van der Waals surface area contributed by atoms with Gasteiger partial charge in [0.1, 0.15) is 5.76 Å². The Morgan fingerprint density at radius 2 is 2.17 bits per heavy atom. The fraction of sp³-hybridized carbons (Fsp3) is 0. The SMILES string of the molecule is O=C(O)c1csc(-c2cc3cccc(Cl)c3o2)c1. The van der Waals surface area contributed by atoms with Gasteiger partial charge in [-0.25, -0.2) is 4.79 Å². The summed E-state index contributed by atoms with van der Waals surface area (Å²) in [5, 5.41) is 11.9. The number of para-hydroxylation sites is 1. The van der Waals surface area contributed by atoms with Crippen LogP contribution in [0.3, 0.4) is 0 Å². The average molecular weight is 279 g/mol. The number of hydrogen-bond donors (Lipinski definition) is 1. The number of fused-ring (bicyclic) bond motifs is 1. The van der Waals surface area contributed by atoms with Crippen molar-refractivity contribution in [3.05, 3.63) is 46.3 Å². The smallest absolute Gasteiger partial charge is 0.336 e. The van der Waals surface area contributed by atoms with Crippen LogP contribution in [0.25, 0.3) is 21.6 Å². The van der Waals surface area contributed by atoms with Crippen LogP contribution in [0.4, 0.5) is 0 Å². The van der Waals surface area contributed by atoms with E-state index in [1.54, 1.807) is 17.5 Å². The lowest BCUT2D eigenvalue weighted by molar-refractivity contribution is 0.0697. The van der Waals surface area contributed by atoms with E-state index < -0.39 is 5.97 Å². The van der Waals surface area contributed by atoms with Crippen molar-refractivity contribution in [3.8, 4) is 10.6 Å². The van der Waals surface area contributed by atoms with Crippen LogP contribution in [0.5, 0.6) is 0 Å². The molecule has 2 aromatic heterocycles.